The topological polar surface area (TPSA) is 113 Å². The number of nitrogens with one attached hydrogen (secondary N) is 1. The summed E-state index contributed by atoms with van der Waals surface area (Å²) in [5.74, 6) is -1.00. The summed E-state index contributed by atoms with van der Waals surface area (Å²) in [5.41, 5.74) is 5.52. The van der Waals surface area contributed by atoms with E-state index >= 15 is 0 Å². The molecule has 1 amide bonds. The number of nitrogens with zero attached hydrogens (tertiary/aromatic N) is 1. The third kappa shape index (κ3) is 6.63. The number of unbranched alkanes of at least 4 members (excludes halogenated alkanes) is 1. The van der Waals surface area contributed by atoms with E-state index in [1.807, 2.05) is 31.2 Å². The maximum absolute atomic E-state index is 13.5. The van der Waals surface area contributed by atoms with Gasteiger partial charge in [-0.3, -0.25) is 4.79 Å². The zero-order chi connectivity index (χ0) is 29.0. The molecule has 1 unspecified atom stereocenters. The smallest absolute Gasteiger partial charge is 0.407 e. The number of carbonyl (C=O) groups is 2. The highest BCUT2D eigenvalue weighted by atomic mass is 32.2. The van der Waals surface area contributed by atoms with E-state index in [2.05, 4.69) is 29.6 Å². The van der Waals surface area contributed by atoms with Crippen molar-refractivity contribution in [2.24, 2.45) is 5.92 Å². The number of carboxylic acids is 1. The second-order valence-electron chi connectivity index (χ2n) is 10.9. The van der Waals surface area contributed by atoms with Gasteiger partial charge in [0.2, 0.25) is 10.0 Å². The lowest BCUT2D eigenvalue weighted by Crippen LogP contribution is -2.46. The van der Waals surface area contributed by atoms with Gasteiger partial charge in [-0.05, 0) is 79.3 Å². The molecule has 0 bridgehead atoms. The largest absolute Gasteiger partial charge is 0.480 e. The van der Waals surface area contributed by atoms with Crippen molar-refractivity contribution in [1.82, 2.24) is 9.62 Å². The number of amides is 1. The molecule has 1 fully saturated rings. The summed E-state index contributed by atoms with van der Waals surface area (Å²) in [7, 11) is -3.97. The first kappa shape index (κ1) is 28.8. The molecular formula is C32H36N2O6S. The van der Waals surface area contributed by atoms with Crippen LogP contribution in [0.15, 0.2) is 77.7 Å². The number of benzene rings is 3. The van der Waals surface area contributed by atoms with Crippen molar-refractivity contribution in [1.29, 1.82) is 0 Å². The van der Waals surface area contributed by atoms with Gasteiger partial charge in [0.25, 0.3) is 0 Å². The molecule has 0 spiro atoms. The summed E-state index contributed by atoms with van der Waals surface area (Å²) < 4.78 is 33.6. The molecule has 3 aromatic rings. The molecule has 41 heavy (non-hydrogen) atoms. The Kier molecular flexibility index (Phi) is 8.75. The van der Waals surface area contributed by atoms with Gasteiger partial charge in [0, 0.05) is 19.0 Å². The van der Waals surface area contributed by atoms with Gasteiger partial charge in [0.1, 0.15) is 12.6 Å². The summed E-state index contributed by atoms with van der Waals surface area (Å²) >= 11 is 0. The van der Waals surface area contributed by atoms with Crippen LogP contribution in [0.25, 0.3) is 11.1 Å². The summed E-state index contributed by atoms with van der Waals surface area (Å²) in [6.07, 6.45) is 2.35. The van der Waals surface area contributed by atoms with Gasteiger partial charge in [-0.2, -0.15) is 4.31 Å². The Balaban J connectivity index is 1.13. The number of hydrogen-bond acceptors (Lipinski definition) is 5. The fourth-order valence-corrected chi connectivity index (χ4v) is 7.18. The van der Waals surface area contributed by atoms with E-state index in [1.54, 1.807) is 12.1 Å². The number of carboxylic acid groups (broad SMARTS) is 1. The van der Waals surface area contributed by atoms with Gasteiger partial charge in [-0.25, -0.2) is 13.2 Å². The van der Waals surface area contributed by atoms with E-state index in [-0.39, 0.29) is 36.3 Å². The fraction of sp³-hybridized carbons (Fsp3) is 0.375. The first-order valence-corrected chi connectivity index (χ1v) is 15.6. The summed E-state index contributed by atoms with van der Waals surface area (Å²) in [5, 5.41) is 12.7. The molecule has 3 aromatic carbocycles. The van der Waals surface area contributed by atoms with Crippen molar-refractivity contribution in [3.63, 3.8) is 0 Å². The highest BCUT2D eigenvalue weighted by Crippen LogP contribution is 2.44. The second-order valence-corrected chi connectivity index (χ2v) is 12.8. The molecule has 2 aliphatic rings. The van der Waals surface area contributed by atoms with Gasteiger partial charge in [0.15, 0.2) is 0 Å². The Morgan fingerprint density at radius 2 is 1.56 bits per heavy atom. The van der Waals surface area contributed by atoms with E-state index in [1.165, 1.54) is 12.1 Å². The van der Waals surface area contributed by atoms with Crippen LogP contribution < -0.4 is 5.32 Å². The highest BCUT2D eigenvalue weighted by molar-refractivity contribution is 7.89. The van der Waals surface area contributed by atoms with Gasteiger partial charge in [-0.1, -0.05) is 66.2 Å². The minimum atomic E-state index is -3.97. The van der Waals surface area contributed by atoms with E-state index in [9.17, 15) is 23.1 Å². The minimum absolute atomic E-state index is 0.0302. The average Bonchev–Trinajstić information content (AvgIpc) is 3.73. The third-order valence-corrected chi connectivity index (χ3v) is 9.80. The highest BCUT2D eigenvalue weighted by Gasteiger charge is 2.39. The molecule has 1 saturated carbocycles. The number of rotatable bonds is 13. The predicted molar refractivity (Wildman–Crippen MR) is 156 cm³/mol. The number of aryl methyl sites for hydroxylation is 1. The summed E-state index contributed by atoms with van der Waals surface area (Å²) in [6.45, 7) is 2.59. The third-order valence-electron chi connectivity index (χ3n) is 7.91. The Morgan fingerprint density at radius 3 is 2.15 bits per heavy atom. The molecule has 216 valence electrons. The van der Waals surface area contributed by atoms with Gasteiger partial charge in [-0.15, -0.1) is 0 Å². The van der Waals surface area contributed by atoms with Crippen molar-refractivity contribution >= 4 is 22.1 Å². The van der Waals surface area contributed by atoms with Crippen LogP contribution in [-0.4, -0.2) is 55.6 Å². The van der Waals surface area contributed by atoms with Crippen molar-refractivity contribution in [3.05, 3.63) is 89.5 Å². The van der Waals surface area contributed by atoms with E-state index in [0.717, 1.165) is 45.0 Å². The van der Waals surface area contributed by atoms with E-state index < -0.39 is 28.1 Å². The van der Waals surface area contributed by atoms with Crippen LogP contribution in [0.1, 0.15) is 54.7 Å². The van der Waals surface area contributed by atoms with Crippen LogP contribution >= 0.6 is 0 Å². The predicted octanol–water partition coefficient (Wildman–Crippen LogP) is 5.56. The van der Waals surface area contributed by atoms with Crippen LogP contribution in [0, 0.1) is 12.8 Å². The average molecular weight is 577 g/mol. The van der Waals surface area contributed by atoms with Crippen LogP contribution in [0.4, 0.5) is 4.79 Å². The zero-order valence-corrected chi connectivity index (χ0v) is 24.0. The van der Waals surface area contributed by atoms with E-state index in [0.29, 0.717) is 19.4 Å². The molecule has 0 aromatic heterocycles. The molecule has 0 heterocycles. The van der Waals surface area contributed by atoms with Gasteiger partial charge in [0.05, 0.1) is 4.90 Å². The Labute approximate surface area is 241 Å². The quantitative estimate of drug-likeness (QED) is 0.258. The maximum atomic E-state index is 13.5. The van der Waals surface area contributed by atoms with Gasteiger partial charge >= 0.3 is 12.1 Å². The van der Waals surface area contributed by atoms with Crippen molar-refractivity contribution in [2.75, 3.05) is 19.7 Å². The Bertz CT molecular complexity index is 1460. The van der Waals surface area contributed by atoms with Crippen molar-refractivity contribution < 1.29 is 27.9 Å². The van der Waals surface area contributed by atoms with Crippen LogP contribution in [0.3, 0.4) is 0 Å². The molecule has 0 radical (unpaired) electrons. The number of fused-ring (bicyclic) bond motifs is 3. The van der Waals surface area contributed by atoms with Crippen LogP contribution in [-0.2, 0) is 19.6 Å². The number of sulfonamides is 1. The molecule has 5 rings (SSSR count). The lowest BCUT2D eigenvalue weighted by atomic mass is 9.98. The number of ether oxygens (including phenoxy) is 1. The standard InChI is InChI=1S/C32H36N2O6S/c1-22-13-17-24(18-14-22)41(38,39)34(20-23-15-16-23)30(31(35)36)12-6-7-19-33-32(37)40-21-29-27-10-4-2-8-25(27)26-9-3-5-11-28(26)29/h2-5,8-11,13-14,17-18,23,29-30H,6-7,12,15-16,19-21H2,1H3,(H,33,37)(H,35,36). The molecule has 1 atom stereocenters. The monoisotopic (exact) mass is 576 g/mol. The molecule has 8 nitrogen and oxygen atoms in total. The lowest BCUT2D eigenvalue weighted by molar-refractivity contribution is -0.141. The van der Waals surface area contributed by atoms with Gasteiger partial charge < -0.3 is 15.2 Å². The number of carbonyl (C=O) groups excluding carboxylic acids is 1. The van der Waals surface area contributed by atoms with E-state index in [4.69, 9.17) is 4.74 Å². The SMILES string of the molecule is Cc1ccc(S(=O)(=O)N(CC2CC2)C(CCCCNC(=O)OCC2c3ccccc3-c3ccccc32)C(=O)O)cc1. The number of hydrogen-bond donors (Lipinski definition) is 2. The Hall–Kier alpha value is -3.69. The summed E-state index contributed by atoms with van der Waals surface area (Å²) in [4.78, 5) is 24.8. The minimum Gasteiger partial charge on any atom is -0.480 e. The fourth-order valence-electron chi connectivity index (χ4n) is 5.49. The van der Waals surface area contributed by atoms with Crippen LogP contribution in [0.2, 0.25) is 0 Å². The van der Waals surface area contributed by atoms with Crippen LogP contribution in [0.5, 0.6) is 0 Å². The normalized spacial score (nSPS) is 15.3. The molecule has 9 heteroatoms. The molecule has 0 saturated heterocycles. The molecular weight excluding hydrogens is 540 g/mol. The van der Waals surface area contributed by atoms with Crippen molar-refractivity contribution in [3.8, 4) is 11.1 Å². The van der Waals surface area contributed by atoms with Crippen molar-refractivity contribution in [2.45, 2.75) is 55.9 Å². The molecule has 2 N–H and O–H groups in total. The molecule has 0 aliphatic heterocycles. The first-order valence-electron chi connectivity index (χ1n) is 14.2. The number of alkyl carbamates (subject to hydrolysis) is 1. The Morgan fingerprint density at radius 1 is 0.951 bits per heavy atom. The summed E-state index contributed by atoms with van der Waals surface area (Å²) in [6, 6.07) is 21.6. The zero-order valence-electron chi connectivity index (χ0n) is 23.2. The molecule has 2 aliphatic carbocycles. The maximum Gasteiger partial charge on any atom is 0.407 e. The second kappa shape index (κ2) is 12.4. The first-order chi connectivity index (χ1) is 19.8. The number of aliphatic carboxylic acids is 1. The lowest BCUT2D eigenvalue weighted by Gasteiger charge is -2.28.